The maximum Gasteiger partial charge on any atom is 0.410 e. The number of hydrogen-bond acceptors (Lipinski definition) is 8. The summed E-state index contributed by atoms with van der Waals surface area (Å²) in [5.41, 5.74) is 1.84. The third kappa shape index (κ3) is 9.49. The van der Waals surface area contributed by atoms with Crippen molar-refractivity contribution in [2.45, 2.75) is 39.3 Å². The lowest BCUT2D eigenvalue weighted by Crippen LogP contribution is -2.48. The summed E-state index contributed by atoms with van der Waals surface area (Å²) in [4.78, 5) is 26.8. The Labute approximate surface area is 247 Å². The predicted molar refractivity (Wildman–Crippen MR) is 160 cm³/mol. The van der Waals surface area contributed by atoms with Gasteiger partial charge in [0.1, 0.15) is 30.8 Å². The fourth-order valence-corrected chi connectivity index (χ4v) is 4.53. The number of hydrogen-bond donors (Lipinski definition) is 2. The highest BCUT2D eigenvalue weighted by molar-refractivity contribution is 7.89. The number of nitrogens with zero attached hydrogens (tertiary/aromatic N) is 1. The van der Waals surface area contributed by atoms with Crippen molar-refractivity contribution >= 4 is 22.0 Å². The van der Waals surface area contributed by atoms with Crippen molar-refractivity contribution in [2.24, 2.45) is 0 Å². The van der Waals surface area contributed by atoms with Crippen molar-refractivity contribution < 1.29 is 37.3 Å². The van der Waals surface area contributed by atoms with Crippen LogP contribution in [0, 0.1) is 0 Å². The molecule has 3 rings (SSSR count). The first kappa shape index (κ1) is 32.4. The Bertz CT molecular complexity index is 1450. The van der Waals surface area contributed by atoms with Crippen LogP contribution < -0.4 is 14.2 Å². The molecule has 226 valence electrons. The number of sulfonamides is 1. The normalized spacial score (nSPS) is 12.2. The summed E-state index contributed by atoms with van der Waals surface area (Å²) in [6.07, 6.45) is -0.555. The van der Waals surface area contributed by atoms with Gasteiger partial charge >= 0.3 is 6.09 Å². The van der Waals surface area contributed by atoms with Gasteiger partial charge in [0.05, 0.1) is 25.0 Å². The van der Waals surface area contributed by atoms with Crippen LogP contribution in [0.25, 0.3) is 11.1 Å². The second-order valence-electron chi connectivity index (χ2n) is 10.5. The zero-order chi connectivity index (χ0) is 30.9. The van der Waals surface area contributed by atoms with Gasteiger partial charge in [-0.1, -0.05) is 48.5 Å². The van der Waals surface area contributed by atoms with Crippen molar-refractivity contribution in [3.8, 4) is 22.6 Å². The van der Waals surface area contributed by atoms with E-state index in [0.717, 1.165) is 17.4 Å². The molecule has 0 fully saturated rings. The van der Waals surface area contributed by atoms with Crippen molar-refractivity contribution in [2.75, 3.05) is 32.6 Å². The van der Waals surface area contributed by atoms with Crippen molar-refractivity contribution in [3.05, 3.63) is 83.9 Å². The van der Waals surface area contributed by atoms with Gasteiger partial charge < -0.3 is 19.3 Å². The van der Waals surface area contributed by atoms with Crippen LogP contribution >= 0.6 is 0 Å². The average molecular weight is 599 g/mol. The molecule has 0 aromatic heterocycles. The Balaban J connectivity index is 1.62. The summed E-state index contributed by atoms with van der Waals surface area (Å²) in [7, 11) is -3.72. The van der Waals surface area contributed by atoms with Gasteiger partial charge in [-0.3, -0.25) is 9.69 Å². The molecule has 11 heteroatoms. The largest absolute Gasteiger partial charge is 0.493 e. The molecule has 2 N–H and O–H groups in total. The van der Waals surface area contributed by atoms with Gasteiger partial charge in [-0.05, 0) is 68.7 Å². The van der Waals surface area contributed by atoms with Crippen LogP contribution in [-0.4, -0.2) is 68.6 Å². The van der Waals surface area contributed by atoms with E-state index in [1.165, 1.54) is 6.07 Å². The Hall–Kier alpha value is -4.09. The lowest BCUT2D eigenvalue weighted by atomic mass is 10.0. The van der Waals surface area contributed by atoms with E-state index in [4.69, 9.17) is 14.2 Å². The van der Waals surface area contributed by atoms with E-state index in [9.17, 15) is 23.1 Å². The molecular formula is C31H38N2O8S. The lowest BCUT2D eigenvalue weighted by Gasteiger charge is -2.34. The van der Waals surface area contributed by atoms with E-state index in [1.54, 1.807) is 48.2 Å². The molecule has 1 atom stereocenters. The Morgan fingerprint density at radius 1 is 0.952 bits per heavy atom. The topological polar surface area (TPSA) is 131 Å². The first-order valence-electron chi connectivity index (χ1n) is 13.5. The van der Waals surface area contributed by atoms with Gasteiger partial charge in [-0.25, -0.2) is 17.9 Å². The fourth-order valence-electron chi connectivity index (χ4n) is 4.09. The van der Waals surface area contributed by atoms with Crippen LogP contribution in [0.5, 0.6) is 11.5 Å². The molecular weight excluding hydrogens is 560 g/mol. The molecule has 0 bridgehead atoms. The molecule has 0 aliphatic rings. The molecule has 0 aliphatic heterocycles. The number of rotatable bonds is 12. The second kappa shape index (κ2) is 14.2. The summed E-state index contributed by atoms with van der Waals surface area (Å²) in [6.45, 7) is 8.06. The smallest absolute Gasteiger partial charge is 0.410 e. The average Bonchev–Trinajstić information content (AvgIpc) is 2.93. The van der Waals surface area contributed by atoms with Crippen molar-refractivity contribution in [1.82, 2.24) is 9.62 Å². The summed E-state index contributed by atoms with van der Waals surface area (Å²) in [5, 5.41) is 10.3. The second-order valence-corrected chi connectivity index (χ2v) is 12.3. The van der Waals surface area contributed by atoms with Crippen LogP contribution in [0.2, 0.25) is 0 Å². The van der Waals surface area contributed by atoms with Crippen LogP contribution in [0.15, 0.2) is 72.8 Å². The zero-order valence-corrected chi connectivity index (χ0v) is 25.3. The first-order chi connectivity index (χ1) is 19.8. The molecule has 0 aliphatic carbocycles. The Kier molecular flexibility index (Phi) is 11.0. The van der Waals surface area contributed by atoms with Crippen molar-refractivity contribution in [1.29, 1.82) is 0 Å². The number of nitrogens with one attached hydrogen (secondary N) is 1. The van der Waals surface area contributed by atoms with Gasteiger partial charge in [-0.2, -0.15) is 0 Å². The molecule has 0 spiro atoms. The zero-order valence-electron chi connectivity index (χ0n) is 24.5. The van der Waals surface area contributed by atoms with Gasteiger partial charge in [0.2, 0.25) is 10.0 Å². The number of benzene rings is 3. The number of amides is 2. The summed E-state index contributed by atoms with van der Waals surface area (Å²) in [5.74, 6) is 0.0911. The van der Waals surface area contributed by atoms with E-state index in [2.05, 4.69) is 0 Å². The third-order valence-corrected chi connectivity index (χ3v) is 6.71. The fraction of sp³-hybridized carbons (Fsp3) is 0.355. The summed E-state index contributed by atoms with van der Waals surface area (Å²) >= 11 is 0. The number of ether oxygens (including phenoxy) is 3. The lowest BCUT2D eigenvalue weighted by molar-refractivity contribution is 0.0258. The molecule has 10 nitrogen and oxygen atoms in total. The minimum atomic E-state index is -3.72. The molecule has 0 saturated carbocycles. The first-order valence-corrected chi connectivity index (χ1v) is 15.4. The number of carbonyl (C=O) groups is 2. The molecule has 42 heavy (non-hydrogen) atoms. The molecule has 0 unspecified atom stereocenters. The summed E-state index contributed by atoms with van der Waals surface area (Å²) in [6, 6.07) is 21.2. The molecule has 0 saturated heterocycles. The quantitative estimate of drug-likeness (QED) is 0.304. The monoisotopic (exact) mass is 598 g/mol. The third-order valence-electron chi connectivity index (χ3n) is 6.15. The van der Waals surface area contributed by atoms with E-state index < -0.39 is 33.7 Å². The van der Waals surface area contributed by atoms with E-state index in [0.29, 0.717) is 17.9 Å². The number of aliphatic hydroxyl groups excluding tert-OH is 1. The van der Waals surface area contributed by atoms with Crippen LogP contribution in [0.1, 0.15) is 49.7 Å². The minimum absolute atomic E-state index is 0.113. The maximum absolute atomic E-state index is 12.8. The van der Waals surface area contributed by atoms with Crippen LogP contribution in [0.4, 0.5) is 4.79 Å². The van der Waals surface area contributed by atoms with Crippen LogP contribution in [0.3, 0.4) is 0 Å². The van der Waals surface area contributed by atoms with E-state index in [1.807, 2.05) is 55.8 Å². The molecule has 3 aromatic carbocycles. The Morgan fingerprint density at radius 2 is 1.60 bits per heavy atom. The highest BCUT2D eigenvalue weighted by Gasteiger charge is 2.28. The van der Waals surface area contributed by atoms with Gasteiger partial charge in [0, 0.05) is 5.54 Å². The molecule has 0 heterocycles. The SMILES string of the molecule is CCOc1cc(-c2ccc(OCCN(C(=O)OC[C@H](O)c3ccccc3)C(C)(C)C)cc2)ccc1C(=O)NS(C)(=O)=O. The summed E-state index contributed by atoms with van der Waals surface area (Å²) < 4.78 is 41.8. The highest BCUT2D eigenvalue weighted by atomic mass is 32.2. The van der Waals surface area contributed by atoms with Crippen molar-refractivity contribution in [3.63, 3.8) is 0 Å². The number of carbonyl (C=O) groups excluding carboxylic acids is 2. The molecule has 0 radical (unpaired) electrons. The Morgan fingerprint density at radius 3 is 2.19 bits per heavy atom. The van der Waals surface area contributed by atoms with E-state index in [-0.39, 0.29) is 31.1 Å². The maximum atomic E-state index is 12.8. The molecule has 3 aromatic rings. The minimum Gasteiger partial charge on any atom is -0.493 e. The molecule has 2 amide bonds. The highest BCUT2D eigenvalue weighted by Crippen LogP contribution is 2.29. The predicted octanol–water partition coefficient (Wildman–Crippen LogP) is 4.79. The van der Waals surface area contributed by atoms with Gasteiger partial charge in [0.25, 0.3) is 5.91 Å². The van der Waals surface area contributed by atoms with Crippen LogP contribution in [-0.2, 0) is 14.8 Å². The standard InChI is InChI=1S/C31H38N2O8S/c1-6-39-28-20-24(14-17-26(28)29(35)32-42(5,37)38)22-12-15-25(16-13-22)40-19-18-33(31(2,3)4)30(36)41-21-27(34)23-10-8-7-9-11-23/h7-17,20,27,34H,6,18-19,21H2,1-5H3,(H,32,35)/t27-/m0/s1. The van der Waals surface area contributed by atoms with E-state index >= 15 is 0 Å². The van der Waals surface area contributed by atoms with Gasteiger partial charge in [-0.15, -0.1) is 0 Å². The number of aliphatic hydroxyl groups is 1. The van der Waals surface area contributed by atoms with Gasteiger partial charge in [0.15, 0.2) is 0 Å².